The summed E-state index contributed by atoms with van der Waals surface area (Å²) in [6.45, 7) is 2.58. The van der Waals surface area contributed by atoms with E-state index in [1.54, 1.807) is 11.8 Å². The molecule has 0 radical (unpaired) electrons. The maximum Gasteiger partial charge on any atom is 0.247 e. The van der Waals surface area contributed by atoms with E-state index < -0.39 is 0 Å². The zero-order valence-corrected chi connectivity index (χ0v) is 20.8. The van der Waals surface area contributed by atoms with Gasteiger partial charge in [0, 0.05) is 23.5 Å². The molecule has 1 aromatic heterocycles. The van der Waals surface area contributed by atoms with Crippen molar-refractivity contribution in [1.29, 1.82) is 0 Å². The summed E-state index contributed by atoms with van der Waals surface area (Å²) in [4.78, 5) is 2.19. The Morgan fingerprint density at radius 3 is 2.61 bits per heavy atom. The Bertz CT molecular complexity index is 965. The molecule has 0 saturated carbocycles. The summed E-state index contributed by atoms with van der Waals surface area (Å²) in [6.07, 6.45) is 2.22. The number of nitrogens with zero attached hydrogens (tertiary/aromatic N) is 3. The highest BCUT2D eigenvalue weighted by molar-refractivity contribution is 7.98. The topological polar surface area (TPSA) is 75.5 Å². The van der Waals surface area contributed by atoms with Gasteiger partial charge in [0.15, 0.2) is 5.11 Å². The zero-order chi connectivity index (χ0) is 23.3. The van der Waals surface area contributed by atoms with E-state index in [1.807, 2.05) is 54.6 Å². The van der Waals surface area contributed by atoms with Crippen LogP contribution in [0.1, 0.15) is 18.7 Å². The lowest BCUT2D eigenvalue weighted by atomic mass is 10.2. The molecule has 0 bridgehead atoms. The lowest BCUT2D eigenvalue weighted by Gasteiger charge is -2.12. The van der Waals surface area contributed by atoms with Crippen molar-refractivity contribution in [3.05, 3.63) is 60.5 Å². The van der Waals surface area contributed by atoms with Gasteiger partial charge in [-0.25, -0.2) is 0 Å². The van der Waals surface area contributed by atoms with Crippen molar-refractivity contribution in [2.75, 3.05) is 44.9 Å². The molecule has 1 heterocycles. The number of hydrogen-bond acceptors (Lipinski definition) is 7. The monoisotopic (exact) mass is 485 g/mol. The molecule has 3 aromatic rings. The molecule has 0 aliphatic heterocycles. The summed E-state index contributed by atoms with van der Waals surface area (Å²) >= 11 is 7.07. The van der Waals surface area contributed by atoms with Gasteiger partial charge in [0.05, 0.1) is 12.4 Å². The van der Waals surface area contributed by atoms with Crippen LogP contribution in [0.25, 0.3) is 11.5 Å². The van der Waals surface area contributed by atoms with Gasteiger partial charge in [-0.3, -0.25) is 0 Å². The summed E-state index contributed by atoms with van der Waals surface area (Å²) in [6, 6.07) is 17.6. The van der Waals surface area contributed by atoms with Crippen LogP contribution in [-0.4, -0.2) is 59.8 Å². The van der Waals surface area contributed by atoms with Gasteiger partial charge in [0.1, 0.15) is 5.75 Å². The minimum atomic E-state index is 0.513. The van der Waals surface area contributed by atoms with Crippen molar-refractivity contribution >= 4 is 34.8 Å². The van der Waals surface area contributed by atoms with Crippen molar-refractivity contribution in [1.82, 2.24) is 20.4 Å². The second kappa shape index (κ2) is 13.8. The van der Waals surface area contributed by atoms with Crippen LogP contribution in [0, 0.1) is 0 Å². The van der Waals surface area contributed by atoms with Crippen molar-refractivity contribution in [3.63, 3.8) is 0 Å². The third kappa shape index (κ3) is 9.41. The second-order valence-electron chi connectivity index (χ2n) is 7.68. The standard InChI is InChI=1S/C24H31N5O2S2/c1-29(2)15-7-6-14-25-24(32)26-20-12-10-19(11-13-20)23-28-27-22(31-23)18-33-17-16-30-21-8-4-3-5-9-21/h3-5,8-13H,6-7,14-18H2,1-2H3,(H2,25,26,32). The summed E-state index contributed by atoms with van der Waals surface area (Å²) in [5.41, 5.74) is 1.79. The molecule has 0 atom stereocenters. The third-order valence-electron chi connectivity index (χ3n) is 4.64. The van der Waals surface area contributed by atoms with Crippen LogP contribution in [0.3, 0.4) is 0 Å². The van der Waals surface area contributed by atoms with Crippen LogP contribution in [-0.2, 0) is 5.75 Å². The Labute approximate surface area is 205 Å². The highest BCUT2D eigenvalue weighted by Gasteiger charge is 2.09. The molecular formula is C24H31N5O2S2. The van der Waals surface area contributed by atoms with E-state index in [2.05, 4.69) is 39.8 Å². The highest BCUT2D eigenvalue weighted by atomic mass is 32.2. The van der Waals surface area contributed by atoms with Crippen LogP contribution >= 0.6 is 24.0 Å². The molecule has 0 unspecified atom stereocenters. The molecule has 7 nitrogen and oxygen atoms in total. The summed E-state index contributed by atoms with van der Waals surface area (Å²) in [5.74, 6) is 3.50. The number of anilines is 1. The molecule has 0 amide bonds. The van der Waals surface area contributed by atoms with Gasteiger partial charge < -0.3 is 24.7 Å². The molecule has 176 valence electrons. The molecule has 0 aliphatic rings. The zero-order valence-electron chi connectivity index (χ0n) is 19.1. The molecule has 33 heavy (non-hydrogen) atoms. The number of thioether (sulfide) groups is 1. The fraction of sp³-hybridized carbons (Fsp3) is 0.375. The van der Waals surface area contributed by atoms with Gasteiger partial charge in [-0.2, -0.15) is 0 Å². The number of unbranched alkanes of at least 4 members (excludes halogenated alkanes) is 1. The Morgan fingerprint density at radius 1 is 1.06 bits per heavy atom. The SMILES string of the molecule is CN(C)CCCCNC(=S)Nc1ccc(-c2nnc(CSCCOc3ccccc3)o2)cc1. The number of hydrogen-bond donors (Lipinski definition) is 2. The van der Waals surface area contributed by atoms with E-state index >= 15 is 0 Å². The highest BCUT2D eigenvalue weighted by Crippen LogP contribution is 2.22. The Kier molecular flexibility index (Phi) is 10.5. The van der Waals surface area contributed by atoms with E-state index in [1.165, 1.54) is 0 Å². The molecule has 0 saturated heterocycles. The quantitative estimate of drug-likeness (QED) is 0.265. The first-order valence-electron chi connectivity index (χ1n) is 11.0. The number of ether oxygens (including phenoxy) is 1. The number of para-hydroxylation sites is 1. The number of aromatic nitrogens is 2. The number of nitrogens with one attached hydrogen (secondary N) is 2. The van der Waals surface area contributed by atoms with Crippen molar-refractivity contribution in [2.45, 2.75) is 18.6 Å². The first-order valence-corrected chi connectivity index (χ1v) is 12.5. The Hall–Kier alpha value is -2.62. The smallest absolute Gasteiger partial charge is 0.247 e. The minimum Gasteiger partial charge on any atom is -0.493 e. The average molecular weight is 486 g/mol. The molecule has 0 aliphatic carbocycles. The predicted molar refractivity (Wildman–Crippen MR) is 140 cm³/mol. The van der Waals surface area contributed by atoms with Crippen LogP contribution in [0.5, 0.6) is 5.75 Å². The van der Waals surface area contributed by atoms with Gasteiger partial charge in [-0.05, 0) is 82.1 Å². The maximum atomic E-state index is 5.80. The summed E-state index contributed by atoms with van der Waals surface area (Å²) in [7, 11) is 4.17. The van der Waals surface area contributed by atoms with Crippen molar-refractivity contribution in [2.24, 2.45) is 0 Å². The van der Waals surface area contributed by atoms with Crippen LogP contribution in [0.2, 0.25) is 0 Å². The van der Waals surface area contributed by atoms with E-state index in [0.717, 1.165) is 48.7 Å². The van der Waals surface area contributed by atoms with Gasteiger partial charge in [0.25, 0.3) is 0 Å². The second-order valence-corrected chi connectivity index (χ2v) is 9.20. The van der Waals surface area contributed by atoms with Gasteiger partial charge in [0.2, 0.25) is 11.8 Å². The number of rotatable bonds is 13. The normalized spacial score (nSPS) is 10.9. The molecule has 0 fully saturated rings. The lowest BCUT2D eigenvalue weighted by Crippen LogP contribution is -2.29. The van der Waals surface area contributed by atoms with E-state index in [0.29, 0.717) is 29.3 Å². The molecule has 3 rings (SSSR count). The maximum absolute atomic E-state index is 5.80. The molecule has 0 spiro atoms. The van der Waals surface area contributed by atoms with E-state index in [4.69, 9.17) is 21.4 Å². The van der Waals surface area contributed by atoms with Crippen LogP contribution < -0.4 is 15.4 Å². The average Bonchev–Trinajstić information content (AvgIpc) is 3.28. The Balaban J connectivity index is 1.36. The van der Waals surface area contributed by atoms with Crippen molar-refractivity contribution in [3.8, 4) is 17.2 Å². The van der Waals surface area contributed by atoms with E-state index in [9.17, 15) is 0 Å². The first kappa shape index (κ1) is 25.0. The lowest BCUT2D eigenvalue weighted by molar-refractivity contribution is 0.344. The van der Waals surface area contributed by atoms with Gasteiger partial charge in [-0.1, -0.05) is 18.2 Å². The van der Waals surface area contributed by atoms with Gasteiger partial charge in [-0.15, -0.1) is 22.0 Å². The minimum absolute atomic E-state index is 0.513. The summed E-state index contributed by atoms with van der Waals surface area (Å²) in [5, 5.41) is 15.4. The van der Waals surface area contributed by atoms with Crippen molar-refractivity contribution < 1.29 is 9.15 Å². The third-order valence-corrected chi connectivity index (χ3v) is 5.79. The van der Waals surface area contributed by atoms with Gasteiger partial charge >= 0.3 is 0 Å². The van der Waals surface area contributed by atoms with E-state index in [-0.39, 0.29) is 0 Å². The fourth-order valence-electron chi connectivity index (χ4n) is 2.95. The summed E-state index contributed by atoms with van der Waals surface area (Å²) < 4.78 is 11.5. The number of thiocarbonyl (C=S) groups is 1. The molecular weight excluding hydrogens is 454 g/mol. The molecule has 2 aromatic carbocycles. The molecule has 2 N–H and O–H groups in total. The fourth-order valence-corrected chi connectivity index (χ4v) is 3.81. The van der Waals surface area contributed by atoms with Crippen LogP contribution in [0.15, 0.2) is 59.0 Å². The van der Waals surface area contributed by atoms with Crippen LogP contribution in [0.4, 0.5) is 5.69 Å². The number of benzene rings is 2. The Morgan fingerprint density at radius 2 is 1.85 bits per heavy atom. The largest absolute Gasteiger partial charge is 0.493 e. The predicted octanol–water partition coefficient (Wildman–Crippen LogP) is 4.68. The molecule has 9 heteroatoms. The first-order chi connectivity index (χ1) is 16.1.